The Morgan fingerprint density at radius 3 is 1.83 bits per heavy atom. The summed E-state index contributed by atoms with van der Waals surface area (Å²) in [5.41, 5.74) is 4.97. The molecule has 23 heavy (non-hydrogen) atoms. The molecule has 1 unspecified atom stereocenters. The Labute approximate surface area is 135 Å². The Hall–Kier alpha value is -2.95. The molecule has 2 rings (SSSR count). The van der Waals surface area contributed by atoms with Gasteiger partial charge in [-0.25, -0.2) is 5.43 Å². The fourth-order valence-corrected chi connectivity index (χ4v) is 2.07. The van der Waals surface area contributed by atoms with E-state index in [1.54, 1.807) is 6.92 Å². The van der Waals surface area contributed by atoms with E-state index in [4.69, 9.17) is 0 Å². The molecule has 0 aromatic heterocycles. The van der Waals surface area contributed by atoms with Crippen LogP contribution in [0.2, 0.25) is 0 Å². The SMILES string of the molecule is CC(=O)NC(C)C(=O)NN=C(c1ccccc1)c1ccccc1. The summed E-state index contributed by atoms with van der Waals surface area (Å²) in [4.78, 5) is 23.0. The molecule has 2 aromatic rings. The van der Waals surface area contributed by atoms with Crippen LogP contribution in [0.4, 0.5) is 0 Å². The van der Waals surface area contributed by atoms with E-state index < -0.39 is 6.04 Å². The van der Waals surface area contributed by atoms with Crippen molar-refractivity contribution in [2.75, 3.05) is 0 Å². The minimum Gasteiger partial charge on any atom is -0.345 e. The van der Waals surface area contributed by atoms with E-state index in [1.165, 1.54) is 6.92 Å². The van der Waals surface area contributed by atoms with Crippen molar-refractivity contribution in [1.82, 2.24) is 10.7 Å². The van der Waals surface area contributed by atoms with Crippen molar-refractivity contribution in [3.8, 4) is 0 Å². The largest absolute Gasteiger partial charge is 0.345 e. The van der Waals surface area contributed by atoms with Crippen molar-refractivity contribution in [3.05, 3.63) is 71.8 Å². The normalized spacial score (nSPS) is 11.2. The molecule has 5 nitrogen and oxygen atoms in total. The number of nitrogens with one attached hydrogen (secondary N) is 2. The van der Waals surface area contributed by atoms with Crippen LogP contribution in [0.5, 0.6) is 0 Å². The van der Waals surface area contributed by atoms with Crippen LogP contribution >= 0.6 is 0 Å². The third-order valence-corrected chi connectivity index (χ3v) is 3.19. The lowest BCUT2D eigenvalue weighted by Crippen LogP contribution is -2.42. The third-order valence-electron chi connectivity index (χ3n) is 3.19. The summed E-state index contributed by atoms with van der Waals surface area (Å²) in [5, 5.41) is 6.78. The molecule has 1 atom stereocenters. The summed E-state index contributed by atoms with van der Waals surface area (Å²) in [6.45, 7) is 2.98. The number of hydrogen-bond donors (Lipinski definition) is 2. The van der Waals surface area contributed by atoms with Crippen molar-refractivity contribution in [1.29, 1.82) is 0 Å². The van der Waals surface area contributed by atoms with Gasteiger partial charge in [-0.3, -0.25) is 9.59 Å². The molecule has 0 saturated carbocycles. The van der Waals surface area contributed by atoms with E-state index in [-0.39, 0.29) is 11.8 Å². The predicted molar refractivity (Wildman–Crippen MR) is 89.9 cm³/mol. The summed E-state index contributed by atoms with van der Waals surface area (Å²) in [7, 11) is 0. The van der Waals surface area contributed by atoms with Crippen LogP contribution < -0.4 is 10.7 Å². The topological polar surface area (TPSA) is 70.6 Å². The maximum Gasteiger partial charge on any atom is 0.262 e. The first-order valence-corrected chi connectivity index (χ1v) is 7.33. The van der Waals surface area contributed by atoms with Gasteiger partial charge in [-0.05, 0) is 6.92 Å². The van der Waals surface area contributed by atoms with E-state index in [0.29, 0.717) is 5.71 Å². The number of nitrogens with zero attached hydrogens (tertiary/aromatic N) is 1. The highest BCUT2D eigenvalue weighted by atomic mass is 16.2. The zero-order valence-corrected chi connectivity index (χ0v) is 13.1. The van der Waals surface area contributed by atoms with Crippen molar-refractivity contribution in [2.45, 2.75) is 19.9 Å². The summed E-state index contributed by atoms with van der Waals surface area (Å²) in [6.07, 6.45) is 0. The Kier molecular flexibility index (Phi) is 5.63. The second-order valence-electron chi connectivity index (χ2n) is 5.09. The number of carbonyl (C=O) groups is 2. The highest BCUT2D eigenvalue weighted by Gasteiger charge is 2.14. The van der Waals surface area contributed by atoms with Crippen LogP contribution in [0.1, 0.15) is 25.0 Å². The average Bonchev–Trinajstić information content (AvgIpc) is 2.56. The summed E-state index contributed by atoms with van der Waals surface area (Å²) in [5.74, 6) is -0.632. The van der Waals surface area contributed by atoms with Gasteiger partial charge in [-0.1, -0.05) is 60.7 Å². The average molecular weight is 309 g/mol. The maximum atomic E-state index is 12.0. The molecule has 2 amide bonds. The fourth-order valence-electron chi connectivity index (χ4n) is 2.07. The zero-order valence-electron chi connectivity index (χ0n) is 13.1. The van der Waals surface area contributed by atoms with Gasteiger partial charge in [0, 0.05) is 18.1 Å². The second kappa shape index (κ2) is 7.89. The highest BCUT2D eigenvalue weighted by molar-refractivity contribution is 6.13. The first-order valence-electron chi connectivity index (χ1n) is 7.33. The van der Waals surface area contributed by atoms with Crippen LogP contribution in [0.15, 0.2) is 65.8 Å². The van der Waals surface area contributed by atoms with Gasteiger partial charge in [0.2, 0.25) is 5.91 Å². The van der Waals surface area contributed by atoms with Gasteiger partial charge < -0.3 is 5.32 Å². The summed E-state index contributed by atoms with van der Waals surface area (Å²) in [6, 6.07) is 18.5. The molecular weight excluding hydrogens is 290 g/mol. The number of rotatable bonds is 5. The first-order chi connectivity index (χ1) is 11.1. The lowest BCUT2D eigenvalue weighted by molar-refractivity contribution is -0.127. The van der Waals surface area contributed by atoms with Crippen LogP contribution in [-0.2, 0) is 9.59 Å². The van der Waals surface area contributed by atoms with Crippen molar-refractivity contribution >= 4 is 17.5 Å². The quantitative estimate of drug-likeness (QED) is 0.656. The molecule has 0 radical (unpaired) electrons. The Morgan fingerprint density at radius 1 is 0.913 bits per heavy atom. The number of carbonyl (C=O) groups excluding carboxylic acids is 2. The monoisotopic (exact) mass is 309 g/mol. The van der Waals surface area contributed by atoms with Crippen LogP contribution in [0.25, 0.3) is 0 Å². The van der Waals surface area contributed by atoms with Gasteiger partial charge >= 0.3 is 0 Å². The lowest BCUT2D eigenvalue weighted by Gasteiger charge is -2.12. The smallest absolute Gasteiger partial charge is 0.262 e. The molecule has 118 valence electrons. The van der Waals surface area contributed by atoms with Gasteiger partial charge in [0.15, 0.2) is 0 Å². The lowest BCUT2D eigenvalue weighted by atomic mass is 10.0. The molecule has 0 aliphatic rings. The fraction of sp³-hybridized carbons (Fsp3) is 0.167. The van der Waals surface area contributed by atoms with E-state index in [0.717, 1.165) is 11.1 Å². The van der Waals surface area contributed by atoms with Crippen molar-refractivity contribution in [2.24, 2.45) is 5.10 Å². The summed E-state index contributed by atoms with van der Waals surface area (Å²) < 4.78 is 0. The molecule has 0 bridgehead atoms. The number of benzene rings is 2. The first kappa shape index (κ1) is 16.4. The minimum absolute atomic E-state index is 0.261. The molecule has 0 spiro atoms. The maximum absolute atomic E-state index is 12.0. The standard InChI is InChI=1S/C18H19N3O2/c1-13(19-14(2)22)18(23)21-20-17(15-9-5-3-6-10-15)16-11-7-4-8-12-16/h3-13H,1-2H3,(H,19,22)(H,21,23). The van der Waals surface area contributed by atoms with Crippen LogP contribution in [0, 0.1) is 0 Å². The summed E-state index contributed by atoms with van der Waals surface area (Å²) >= 11 is 0. The molecule has 0 fully saturated rings. The van der Waals surface area contributed by atoms with Crippen molar-refractivity contribution in [3.63, 3.8) is 0 Å². The van der Waals surface area contributed by atoms with Crippen LogP contribution in [-0.4, -0.2) is 23.6 Å². The van der Waals surface area contributed by atoms with Gasteiger partial charge in [-0.15, -0.1) is 0 Å². The van der Waals surface area contributed by atoms with E-state index in [9.17, 15) is 9.59 Å². The Morgan fingerprint density at radius 2 is 1.39 bits per heavy atom. The van der Waals surface area contributed by atoms with E-state index >= 15 is 0 Å². The van der Waals surface area contributed by atoms with Gasteiger partial charge in [0.05, 0.1) is 5.71 Å². The zero-order chi connectivity index (χ0) is 16.7. The minimum atomic E-state index is -0.649. The molecular formula is C18H19N3O2. The highest BCUT2D eigenvalue weighted by Crippen LogP contribution is 2.10. The van der Waals surface area contributed by atoms with E-state index in [2.05, 4.69) is 15.8 Å². The van der Waals surface area contributed by atoms with Gasteiger partial charge in [0.25, 0.3) is 5.91 Å². The second-order valence-corrected chi connectivity index (χ2v) is 5.09. The molecule has 0 aliphatic heterocycles. The molecule has 5 heteroatoms. The van der Waals surface area contributed by atoms with E-state index in [1.807, 2.05) is 60.7 Å². The predicted octanol–water partition coefficient (Wildman–Crippen LogP) is 2.08. The van der Waals surface area contributed by atoms with Crippen LogP contribution in [0.3, 0.4) is 0 Å². The number of hydrogen-bond acceptors (Lipinski definition) is 3. The molecule has 2 N–H and O–H groups in total. The molecule has 0 saturated heterocycles. The van der Waals surface area contributed by atoms with Gasteiger partial charge in [0.1, 0.15) is 6.04 Å². The number of hydrazone groups is 1. The molecule has 0 aliphatic carbocycles. The number of amides is 2. The van der Waals surface area contributed by atoms with Crippen molar-refractivity contribution < 1.29 is 9.59 Å². The van der Waals surface area contributed by atoms with Gasteiger partial charge in [-0.2, -0.15) is 5.10 Å². The Balaban J connectivity index is 2.24. The Bertz CT molecular complexity index is 655. The molecule has 0 heterocycles. The molecule has 2 aromatic carbocycles. The third kappa shape index (κ3) is 4.78.